The molecule has 0 fully saturated rings. The third-order valence-electron chi connectivity index (χ3n) is 9.41. The smallest absolute Gasteiger partial charge is 0.0761 e. The molecule has 4 heterocycles. The number of hydrogen-bond donors (Lipinski definition) is 2. The Morgan fingerprint density at radius 3 is 1.95 bits per heavy atom. The minimum atomic E-state index is 0.846. The summed E-state index contributed by atoms with van der Waals surface area (Å²) in [5, 5.41) is 0. The first-order chi connectivity index (χ1) is 20.9. The van der Waals surface area contributed by atoms with Crippen molar-refractivity contribution in [2.75, 3.05) is 0 Å². The van der Waals surface area contributed by atoms with Crippen molar-refractivity contribution in [1.29, 1.82) is 0 Å². The number of nitrogens with zero attached hydrogens (tertiary/aromatic N) is 2. The molecule has 3 aromatic rings. The zero-order valence-corrected chi connectivity index (χ0v) is 27.5. The van der Waals surface area contributed by atoms with Crippen LogP contribution in [0.3, 0.4) is 0 Å². The molecule has 0 saturated carbocycles. The van der Waals surface area contributed by atoms with Gasteiger partial charge in [0.1, 0.15) is 0 Å². The van der Waals surface area contributed by atoms with Crippen molar-refractivity contribution in [3.8, 4) is 0 Å². The number of rotatable bonds is 11. The highest BCUT2D eigenvalue weighted by molar-refractivity contribution is 5.94. The molecule has 4 nitrogen and oxygen atoms in total. The highest BCUT2D eigenvalue weighted by Crippen LogP contribution is 2.38. The number of aliphatic imine (C=N–C) groups is 2. The monoisotopic (exact) mass is 572 g/mol. The van der Waals surface area contributed by atoms with E-state index in [1.54, 1.807) is 0 Å². The van der Waals surface area contributed by atoms with Crippen molar-refractivity contribution in [2.24, 2.45) is 9.98 Å². The number of aromatic amines is 2. The molecule has 224 valence electrons. The molecule has 2 N–H and O–H groups in total. The van der Waals surface area contributed by atoms with E-state index in [1.807, 2.05) is 0 Å². The summed E-state index contributed by atoms with van der Waals surface area (Å²) in [6.45, 7) is 18.0. The Balaban J connectivity index is 1.63. The molecule has 2 aliphatic heterocycles. The summed E-state index contributed by atoms with van der Waals surface area (Å²) in [5.41, 5.74) is 20.5. The lowest BCUT2D eigenvalue weighted by atomic mass is 9.93. The van der Waals surface area contributed by atoms with Crippen LogP contribution in [-0.4, -0.2) is 22.4 Å². The van der Waals surface area contributed by atoms with Gasteiger partial charge in [-0.3, -0.25) is 9.98 Å². The number of benzene rings is 1. The molecule has 0 radical (unpaired) electrons. The zero-order chi connectivity index (χ0) is 30.7. The fourth-order valence-electron chi connectivity index (χ4n) is 7.06. The molecule has 1 aromatic carbocycles. The summed E-state index contributed by atoms with van der Waals surface area (Å²) in [6.07, 6.45) is 13.3. The average molecular weight is 573 g/mol. The SMILES string of the molecule is CCC1=C(CC)/C(=C/c2[nH]c(Cc3[nH]c(/C(=C4\N=CC(CC)=C4C)c4ccccc4)c(C)c3CC)c(CC)c2CC)N=C1. The third-order valence-corrected chi connectivity index (χ3v) is 9.41. The van der Waals surface area contributed by atoms with Crippen LogP contribution in [0.15, 0.2) is 74.0 Å². The fourth-order valence-corrected chi connectivity index (χ4v) is 7.06. The Bertz CT molecular complexity index is 1690. The van der Waals surface area contributed by atoms with Crippen LogP contribution < -0.4 is 0 Å². The van der Waals surface area contributed by atoms with Crippen molar-refractivity contribution in [2.45, 2.75) is 100 Å². The highest BCUT2D eigenvalue weighted by atomic mass is 14.8. The molecule has 2 aliphatic rings. The molecule has 0 spiro atoms. The lowest BCUT2D eigenvalue weighted by molar-refractivity contribution is 0.960. The lowest BCUT2D eigenvalue weighted by Crippen LogP contribution is -1.99. The van der Waals surface area contributed by atoms with Crippen LogP contribution in [0.5, 0.6) is 0 Å². The first kappa shape index (κ1) is 30.5. The van der Waals surface area contributed by atoms with Crippen molar-refractivity contribution in [3.63, 3.8) is 0 Å². The van der Waals surface area contributed by atoms with E-state index >= 15 is 0 Å². The minimum absolute atomic E-state index is 0.846. The molecule has 0 amide bonds. The number of allylic oxidation sites excluding steroid dienone is 4. The van der Waals surface area contributed by atoms with E-state index in [9.17, 15) is 0 Å². The Kier molecular flexibility index (Phi) is 9.34. The fraction of sp³-hybridized carbons (Fsp3) is 0.385. The van der Waals surface area contributed by atoms with Crippen LogP contribution in [0.25, 0.3) is 11.6 Å². The summed E-state index contributed by atoms with van der Waals surface area (Å²) in [4.78, 5) is 17.6. The van der Waals surface area contributed by atoms with Gasteiger partial charge in [-0.2, -0.15) is 0 Å². The molecular formula is C39H48N4. The molecule has 43 heavy (non-hydrogen) atoms. The minimum Gasteiger partial charge on any atom is -0.358 e. The quantitative estimate of drug-likeness (QED) is 0.230. The zero-order valence-electron chi connectivity index (χ0n) is 27.5. The summed E-state index contributed by atoms with van der Waals surface area (Å²) >= 11 is 0. The Hall–Kier alpha value is -3.92. The van der Waals surface area contributed by atoms with Crippen molar-refractivity contribution in [3.05, 3.63) is 115 Å². The summed E-state index contributed by atoms with van der Waals surface area (Å²) in [7, 11) is 0. The van der Waals surface area contributed by atoms with Gasteiger partial charge in [0.2, 0.25) is 0 Å². The van der Waals surface area contributed by atoms with E-state index in [-0.39, 0.29) is 0 Å². The van der Waals surface area contributed by atoms with Gasteiger partial charge in [0.05, 0.1) is 17.1 Å². The number of nitrogens with one attached hydrogen (secondary N) is 2. The molecular weight excluding hydrogens is 524 g/mol. The van der Waals surface area contributed by atoms with E-state index in [4.69, 9.17) is 9.98 Å². The maximum absolute atomic E-state index is 4.97. The number of H-pyrrole nitrogens is 2. The molecule has 0 unspecified atom stereocenters. The predicted octanol–water partition coefficient (Wildman–Crippen LogP) is 10.0. The molecule has 4 heteroatoms. The number of aromatic nitrogens is 2. The largest absolute Gasteiger partial charge is 0.358 e. The van der Waals surface area contributed by atoms with E-state index in [0.29, 0.717) is 0 Å². The topological polar surface area (TPSA) is 56.3 Å². The van der Waals surface area contributed by atoms with Gasteiger partial charge in [0, 0.05) is 41.5 Å². The molecule has 0 bridgehead atoms. The molecule has 0 saturated heterocycles. The standard InChI is InChI=1S/C39H48N4/c1-9-26-22-41-38(24(26)7)37(28-18-16-15-17-19-28)39-25(8)29(11-3)34(43-39)21-36-32(14-6)31(13-5)35(42-36)20-33-30(12-4)27(10-2)23-40-33/h15-20,22-23,42-43H,9-14,21H2,1-8H3/b33-20-,38-37-. The van der Waals surface area contributed by atoms with E-state index in [2.05, 4.69) is 114 Å². The van der Waals surface area contributed by atoms with Crippen LogP contribution in [0.4, 0.5) is 0 Å². The Labute approximate surface area is 258 Å². The highest BCUT2D eigenvalue weighted by Gasteiger charge is 2.25. The first-order valence-corrected chi connectivity index (χ1v) is 16.4. The number of hydrogen-bond acceptors (Lipinski definition) is 2. The van der Waals surface area contributed by atoms with Gasteiger partial charge >= 0.3 is 0 Å². The third kappa shape index (κ3) is 5.60. The van der Waals surface area contributed by atoms with Gasteiger partial charge in [-0.25, -0.2) is 0 Å². The van der Waals surface area contributed by atoms with Crippen LogP contribution in [0.2, 0.25) is 0 Å². The van der Waals surface area contributed by atoms with E-state index < -0.39 is 0 Å². The summed E-state index contributed by atoms with van der Waals surface area (Å²) < 4.78 is 0. The molecule has 2 aromatic heterocycles. The van der Waals surface area contributed by atoms with Crippen molar-refractivity contribution in [1.82, 2.24) is 9.97 Å². The maximum Gasteiger partial charge on any atom is 0.0761 e. The summed E-state index contributed by atoms with van der Waals surface area (Å²) in [5.74, 6) is 0. The maximum atomic E-state index is 4.97. The van der Waals surface area contributed by atoms with Gasteiger partial charge < -0.3 is 9.97 Å². The Morgan fingerprint density at radius 2 is 1.35 bits per heavy atom. The molecule has 5 rings (SSSR count). The summed E-state index contributed by atoms with van der Waals surface area (Å²) in [6, 6.07) is 10.8. The van der Waals surface area contributed by atoms with Crippen molar-refractivity contribution < 1.29 is 0 Å². The predicted molar refractivity (Wildman–Crippen MR) is 185 cm³/mol. The van der Waals surface area contributed by atoms with Gasteiger partial charge in [-0.1, -0.05) is 71.9 Å². The van der Waals surface area contributed by atoms with Crippen LogP contribution in [0.1, 0.15) is 118 Å². The second kappa shape index (κ2) is 13.2. The Morgan fingerprint density at radius 1 is 0.698 bits per heavy atom. The van der Waals surface area contributed by atoms with Gasteiger partial charge in [0.15, 0.2) is 0 Å². The van der Waals surface area contributed by atoms with Gasteiger partial charge in [-0.15, -0.1) is 0 Å². The first-order valence-electron chi connectivity index (χ1n) is 16.4. The van der Waals surface area contributed by atoms with E-state index in [1.165, 1.54) is 78.5 Å². The normalized spacial score (nSPS) is 17.0. The second-order valence-corrected chi connectivity index (χ2v) is 11.6. The second-order valence-electron chi connectivity index (χ2n) is 11.6. The van der Waals surface area contributed by atoms with Crippen molar-refractivity contribution >= 4 is 24.1 Å². The lowest BCUT2D eigenvalue weighted by Gasteiger charge is -2.13. The van der Waals surface area contributed by atoms with Gasteiger partial charge in [0.25, 0.3) is 0 Å². The van der Waals surface area contributed by atoms with Crippen LogP contribution in [-0.2, 0) is 25.7 Å². The van der Waals surface area contributed by atoms with Crippen LogP contribution >= 0.6 is 0 Å². The van der Waals surface area contributed by atoms with E-state index in [0.717, 1.165) is 56.3 Å². The van der Waals surface area contributed by atoms with Gasteiger partial charge in [-0.05, 0) is 109 Å². The average Bonchev–Trinajstić information content (AvgIpc) is 3.77. The van der Waals surface area contributed by atoms with Crippen LogP contribution in [0, 0.1) is 6.92 Å². The molecule has 0 atom stereocenters. The molecule has 0 aliphatic carbocycles.